The molecule has 0 spiro atoms. The highest BCUT2D eigenvalue weighted by Gasteiger charge is 2.19. The number of hydrogen-bond acceptors (Lipinski definition) is 2. The zero-order chi connectivity index (χ0) is 16.5. The molecule has 0 bridgehead atoms. The second kappa shape index (κ2) is 9.66. The summed E-state index contributed by atoms with van der Waals surface area (Å²) in [6.07, 6.45) is 7.35. The molecule has 2 rings (SSSR count). The predicted octanol–water partition coefficient (Wildman–Crippen LogP) is 3.53. The molecule has 0 aromatic heterocycles. The second-order valence-electron chi connectivity index (χ2n) is 6.42. The molecule has 1 atom stereocenters. The first kappa shape index (κ1) is 17.9. The van der Waals surface area contributed by atoms with Gasteiger partial charge in [-0.05, 0) is 56.3 Å². The Bertz CT molecular complexity index is 475. The average Bonchev–Trinajstić information content (AvgIpc) is 2.58. The number of carbonyl (C=O) groups is 1. The first-order chi connectivity index (χ1) is 11.2. The maximum Gasteiger partial charge on any atom is 0.220 e. The highest BCUT2D eigenvalue weighted by Crippen LogP contribution is 2.19. The molecule has 1 saturated heterocycles. The lowest BCUT2D eigenvalue weighted by Gasteiger charge is -2.35. The highest BCUT2D eigenvalue weighted by atomic mass is 19.1. The lowest BCUT2D eigenvalue weighted by molar-refractivity contribution is -0.121. The van der Waals surface area contributed by atoms with Crippen LogP contribution in [0.4, 0.5) is 4.39 Å². The van der Waals surface area contributed by atoms with Gasteiger partial charge in [-0.25, -0.2) is 4.39 Å². The number of rotatable bonds is 8. The van der Waals surface area contributed by atoms with Crippen LogP contribution in [0.1, 0.15) is 51.0 Å². The quantitative estimate of drug-likeness (QED) is 0.743. The second-order valence-corrected chi connectivity index (χ2v) is 6.42. The molecule has 1 fully saturated rings. The molecule has 1 N–H and O–H groups in total. The predicted molar refractivity (Wildman–Crippen MR) is 91.9 cm³/mol. The molecule has 1 heterocycles. The van der Waals surface area contributed by atoms with Crippen molar-refractivity contribution in [3.63, 3.8) is 0 Å². The van der Waals surface area contributed by atoms with Crippen LogP contribution in [0, 0.1) is 5.82 Å². The van der Waals surface area contributed by atoms with Crippen LogP contribution in [0.2, 0.25) is 0 Å². The van der Waals surface area contributed by atoms with Gasteiger partial charge >= 0.3 is 0 Å². The highest BCUT2D eigenvalue weighted by molar-refractivity contribution is 5.76. The molecular weight excluding hydrogens is 291 g/mol. The van der Waals surface area contributed by atoms with E-state index < -0.39 is 0 Å². The molecule has 3 nitrogen and oxygen atoms in total. The number of benzene rings is 1. The summed E-state index contributed by atoms with van der Waals surface area (Å²) < 4.78 is 12.8. The normalized spacial score (nSPS) is 18.8. The first-order valence-electron chi connectivity index (χ1n) is 8.94. The van der Waals surface area contributed by atoms with E-state index in [1.54, 1.807) is 12.1 Å². The molecule has 23 heavy (non-hydrogen) atoms. The molecule has 1 aliphatic heterocycles. The van der Waals surface area contributed by atoms with Gasteiger partial charge in [-0.1, -0.05) is 25.5 Å². The summed E-state index contributed by atoms with van der Waals surface area (Å²) in [5.74, 6) is -0.152. The number of carbonyl (C=O) groups excluding carboxylic acids is 1. The number of nitrogens with zero attached hydrogens (tertiary/aromatic N) is 1. The minimum Gasteiger partial charge on any atom is -0.356 e. The third-order valence-electron chi connectivity index (χ3n) is 4.72. The molecule has 4 heteroatoms. The Morgan fingerprint density at radius 2 is 2.09 bits per heavy atom. The number of piperidine rings is 1. The molecule has 128 valence electrons. The monoisotopic (exact) mass is 320 g/mol. The summed E-state index contributed by atoms with van der Waals surface area (Å²) >= 11 is 0. The van der Waals surface area contributed by atoms with Crippen molar-refractivity contribution in [3.05, 3.63) is 35.6 Å². The molecule has 1 aromatic rings. The van der Waals surface area contributed by atoms with Crippen molar-refractivity contribution in [2.75, 3.05) is 19.6 Å². The van der Waals surface area contributed by atoms with Crippen molar-refractivity contribution in [1.29, 1.82) is 0 Å². The topological polar surface area (TPSA) is 32.3 Å². The van der Waals surface area contributed by atoms with E-state index in [-0.39, 0.29) is 11.7 Å². The van der Waals surface area contributed by atoms with Gasteiger partial charge in [-0.2, -0.15) is 0 Å². The zero-order valence-corrected chi connectivity index (χ0v) is 14.2. The zero-order valence-electron chi connectivity index (χ0n) is 14.2. The standard InChI is InChI=1S/C19H29FN2O/c1-2-18-6-3-4-14-22(18)15-5-13-21-19(23)12-9-16-7-10-17(20)11-8-16/h7-8,10-11,18H,2-6,9,12-15H2,1H3,(H,21,23). The Morgan fingerprint density at radius 3 is 2.83 bits per heavy atom. The van der Waals surface area contributed by atoms with Gasteiger partial charge in [0.05, 0.1) is 0 Å². The van der Waals surface area contributed by atoms with E-state index >= 15 is 0 Å². The van der Waals surface area contributed by atoms with E-state index in [0.717, 1.165) is 31.1 Å². The van der Waals surface area contributed by atoms with Crippen LogP contribution in [0.5, 0.6) is 0 Å². The summed E-state index contributed by atoms with van der Waals surface area (Å²) in [5.41, 5.74) is 1.00. The molecular formula is C19H29FN2O. The van der Waals surface area contributed by atoms with Gasteiger partial charge in [0, 0.05) is 25.6 Å². The van der Waals surface area contributed by atoms with Crippen LogP contribution in [0.15, 0.2) is 24.3 Å². The van der Waals surface area contributed by atoms with Gasteiger partial charge < -0.3 is 10.2 Å². The number of halogens is 1. The Balaban J connectivity index is 1.58. The molecule has 0 radical (unpaired) electrons. The van der Waals surface area contributed by atoms with Gasteiger partial charge in [0.2, 0.25) is 5.91 Å². The lowest BCUT2D eigenvalue weighted by Crippen LogP contribution is -2.40. The van der Waals surface area contributed by atoms with E-state index in [9.17, 15) is 9.18 Å². The maximum absolute atomic E-state index is 12.8. The summed E-state index contributed by atoms with van der Waals surface area (Å²) in [7, 11) is 0. The largest absolute Gasteiger partial charge is 0.356 e. The van der Waals surface area contributed by atoms with E-state index in [1.807, 2.05) is 0 Å². The molecule has 0 saturated carbocycles. The summed E-state index contributed by atoms with van der Waals surface area (Å²) in [6, 6.07) is 7.10. The number of amides is 1. The van der Waals surface area contributed by atoms with Crippen molar-refractivity contribution in [2.24, 2.45) is 0 Å². The van der Waals surface area contributed by atoms with Crippen LogP contribution in [-0.2, 0) is 11.2 Å². The minimum absolute atomic E-state index is 0.0833. The first-order valence-corrected chi connectivity index (χ1v) is 8.94. The molecule has 0 aliphatic carbocycles. The van der Waals surface area contributed by atoms with Crippen molar-refractivity contribution in [1.82, 2.24) is 10.2 Å². The number of likely N-dealkylation sites (tertiary alicyclic amines) is 1. The summed E-state index contributed by atoms with van der Waals surface area (Å²) in [4.78, 5) is 14.4. The maximum atomic E-state index is 12.8. The summed E-state index contributed by atoms with van der Waals surface area (Å²) in [5, 5.41) is 3.00. The smallest absolute Gasteiger partial charge is 0.220 e. The molecule has 1 aliphatic rings. The van der Waals surface area contributed by atoms with Crippen LogP contribution in [0.3, 0.4) is 0 Å². The molecule has 1 aromatic carbocycles. The Kier molecular flexibility index (Phi) is 7.53. The van der Waals surface area contributed by atoms with Crippen LogP contribution < -0.4 is 5.32 Å². The van der Waals surface area contributed by atoms with Crippen molar-refractivity contribution < 1.29 is 9.18 Å². The fourth-order valence-electron chi connectivity index (χ4n) is 3.32. The average molecular weight is 320 g/mol. The van der Waals surface area contributed by atoms with E-state index in [4.69, 9.17) is 0 Å². The number of hydrogen-bond donors (Lipinski definition) is 1. The van der Waals surface area contributed by atoms with Crippen molar-refractivity contribution >= 4 is 5.91 Å². The van der Waals surface area contributed by atoms with E-state index in [1.165, 1.54) is 44.4 Å². The third kappa shape index (κ3) is 6.30. The SMILES string of the molecule is CCC1CCCCN1CCCNC(=O)CCc1ccc(F)cc1. The van der Waals surface area contributed by atoms with Crippen molar-refractivity contribution in [2.45, 2.75) is 57.9 Å². The Hall–Kier alpha value is -1.42. The van der Waals surface area contributed by atoms with Crippen LogP contribution in [-0.4, -0.2) is 36.5 Å². The van der Waals surface area contributed by atoms with E-state index in [0.29, 0.717) is 12.8 Å². The van der Waals surface area contributed by atoms with Crippen LogP contribution >= 0.6 is 0 Å². The van der Waals surface area contributed by atoms with Crippen LogP contribution in [0.25, 0.3) is 0 Å². The van der Waals surface area contributed by atoms with Crippen molar-refractivity contribution in [3.8, 4) is 0 Å². The fraction of sp³-hybridized carbons (Fsp3) is 0.632. The molecule has 1 amide bonds. The Labute approximate surface area is 139 Å². The fourth-order valence-corrected chi connectivity index (χ4v) is 3.32. The van der Waals surface area contributed by atoms with Gasteiger partial charge in [0.1, 0.15) is 5.82 Å². The third-order valence-corrected chi connectivity index (χ3v) is 4.72. The van der Waals surface area contributed by atoms with Gasteiger partial charge in [-0.3, -0.25) is 4.79 Å². The Morgan fingerprint density at radius 1 is 1.30 bits per heavy atom. The number of aryl methyl sites for hydroxylation is 1. The number of nitrogens with one attached hydrogen (secondary N) is 1. The van der Waals surface area contributed by atoms with Gasteiger partial charge in [-0.15, -0.1) is 0 Å². The molecule has 1 unspecified atom stereocenters. The van der Waals surface area contributed by atoms with Gasteiger partial charge in [0.15, 0.2) is 0 Å². The minimum atomic E-state index is -0.235. The lowest BCUT2D eigenvalue weighted by atomic mass is 10.00. The van der Waals surface area contributed by atoms with E-state index in [2.05, 4.69) is 17.1 Å². The summed E-state index contributed by atoms with van der Waals surface area (Å²) in [6.45, 7) is 5.29. The van der Waals surface area contributed by atoms with Gasteiger partial charge in [0.25, 0.3) is 0 Å².